The molecule has 1 unspecified atom stereocenters. The molecule has 0 heterocycles. The van der Waals surface area contributed by atoms with Gasteiger partial charge in [0.1, 0.15) is 5.78 Å². The molecule has 2 nitrogen and oxygen atoms in total. The first-order chi connectivity index (χ1) is 14.8. The van der Waals surface area contributed by atoms with Gasteiger partial charge in [-0.25, -0.2) is 0 Å². The van der Waals surface area contributed by atoms with Crippen molar-refractivity contribution in [1.29, 1.82) is 0 Å². The Labute approximate surface area is 190 Å². The van der Waals surface area contributed by atoms with Gasteiger partial charge in [0.25, 0.3) is 0 Å². The number of carbonyl (C=O) groups is 1. The highest BCUT2D eigenvalue weighted by atomic mass is 16.1. The molecule has 30 heavy (non-hydrogen) atoms. The van der Waals surface area contributed by atoms with Crippen molar-refractivity contribution in [2.45, 2.75) is 162 Å². The molecule has 0 saturated carbocycles. The van der Waals surface area contributed by atoms with E-state index in [0.29, 0.717) is 12.3 Å². The van der Waals surface area contributed by atoms with Crippen molar-refractivity contribution >= 4 is 5.78 Å². The van der Waals surface area contributed by atoms with Crippen LogP contribution in [-0.4, -0.2) is 12.3 Å². The summed E-state index contributed by atoms with van der Waals surface area (Å²) >= 11 is 0. The van der Waals surface area contributed by atoms with Crippen LogP contribution in [-0.2, 0) is 4.79 Å². The molecule has 0 fully saturated rings. The predicted molar refractivity (Wildman–Crippen MR) is 135 cm³/mol. The van der Waals surface area contributed by atoms with E-state index in [9.17, 15) is 4.79 Å². The summed E-state index contributed by atoms with van der Waals surface area (Å²) in [6.07, 6.45) is 30.3. The van der Waals surface area contributed by atoms with E-state index < -0.39 is 0 Å². The Hall–Kier alpha value is -0.370. The van der Waals surface area contributed by atoms with E-state index >= 15 is 0 Å². The minimum atomic E-state index is 0.232. The van der Waals surface area contributed by atoms with Gasteiger partial charge < -0.3 is 5.73 Å². The highest BCUT2D eigenvalue weighted by Gasteiger charge is 2.15. The zero-order valence-electron chi connectivity index (χ0n) is 21.0. The van der Waals surface area contributed by atoms with Crippen molar-refractivity contribution in [2.75, 3.05) is 6.54 Å². The average Bonchev–Trinajstić information content (AvgIpc) is 2.75. The van der Waals surface area contributed by atoms with Gasteiger partial charge in [-0.3, -0.25) is 4.79 Å². The van der Waals surface area contributed by atoms with Crippen LogP contribution in [0.2, 0.25) is 0 Å². The molecular formula is C28H57NO. The lowest BCUT2D eigenvalue weighted by atomic mass is 9.91. The van der Waals surface area contributed by atoms with E-state index in [1.54, 1.807) is 0 Å². The smallest absolute Gasteiger partial charge is 0.136 e. The molecule has 1 atom stereocenters. The number of nitrogens with two attached hydrogens (primary N) is 1. The second-order valence-corrected chi connectivity index (χ2v) is 9.64. The van der Waals surface area contributed by atoms with Gasteiger partial charge in [0, 0.05) is 12.3 Å². The Morgan fingerprint density at radius 1 is 0.533 bits per heavy atom. The van der Waals surface area contributed by atoms with Gasteiger partial charge in [-0.15, -0.1) is 0 Å². The maximum atomic E-state index is 12.2. The summed E-state index contributed by atoms with van der Waals surface area (Å²) < 4.78 is 0. The quantitative estimate of drug-likeness (QED) is 0.149. The topological polar surface area (TPSA) is 43.1 Å². The lowest BCUT2D eigenvalue weighted by molar-refractivity contribution is -0.123. The van der Waals surface area contributed by atoms with E-state index in [1.165, 1.54) is 116 Å². The minimum Gasteiger partial charge on any atom is -0.330 e. The molecule has 0 aliphatic rings. The Balaban J connectivity index is 3.23. The summed E-state index contributed by atoms with van der Waals surface area (Å²) in [5, 5.41) is 0. The summed E-state index contributed by atoms with van der Waals surface area (Å²) in [7, 11) is 0. The minimum absolute atomic E-state index is 0.232. The third-order valence-corrected chi connectivity index (χ3v) is 6.63. The van der Waals surface area contributed by atoms with Crippen molar-refractivity contribution in [3.63, 3.8) is 0 Å². The molecule has 0 radical (unpaired) electrons. The summed E-state index contributed by atoms with van der Waals surface area (Å²) in [6, 6.07) is 0. The Bertz CT molecular complexity index is 336. The second-order valence-electron chi connectivity index (χ2n) is 9.64. The monoisotopic (exact) mass is 423 g/mol. The summed E-state index contributed by atoms with van der Waals surface area (Å²) in [5.74, 6) is 0.699. The van der Waals surface area contributed by atoms with Crippen LogP contribution in [0, 0.1) is 5.92 Å². The van der Waals surface area contributed by atoms with Crippen LogP contribution < -0.4 is 5.73 Å². The van der Waals surface area contributed by atoms with Gasteiger partial charge in [0.05, 0.1) is 0 Å². The summed E-state index contributed by atoms with van der Waals surface area (Å²) in [4.78, 5) is 12.2. The number of hydrogen-bond acceptors (Lipinski definition) is 2. The van der Waals surface area contributed by atoms with E-state index in [0.717, 1.165) is 32.1 Å². The van der Waals surface area contributed by atoms with Gasteiger partial charge in [0.2, 0.25) is 0 Å². The summed E-state index contributed by atoms with van der Waals surface area (Å²) in [6.45, 7) is 5.10. The molecule has 0 aliphatic heterocycles. The molecule has 180 valence electrons. The molecule has 0 aliphatic carbocycles. The number of unbranched alkanes of at least 4 members (excludes halogenated alkanes) is 18. The highest BCUT2D eigenvalue weighted by molar-refractivity contribution is 5.80. The molecule has 0 saturated heterocycles. The van der Waals surface area contributed by atoms with Crippen LogP contribution in [0.1, 0.15) is 162 Å². The standard InChI is InChI=1S/C28H57NO/c1-3-5-6-7-8-9-10-11-12-13-14-15-16-17-18-19-20-21-22-24-28(30)27(23-4-2)25-26-29/h27H,3-26,29H2,1-2H3. The van der Waals surface area contributed by atoms with Crippen LogP contribution in [0.15, 0.2) is 0 Å². The lowest BCUT2D eigenvalue weighted by Crippen LogP contribution is -2.18. The second kappa shape index (κ2) is 24.9. The largest absolute Gasteiger partial charge is 0.330 e. The van der Waals surface area contributed by atoms with Gasteiger partial charge in [-0.05, 0) is 25.8 Å². The Morgan fingerprint density at radius 2 is 0.900 bits per heavy atom. The van der Waals surface area contributed by atoms with Gasteiger partial charge >= 0.3 is 0 Å². The maximum absolute atomic E-state index is 12.2. The molecule has 0 spiro atoms. The van der Waals surface area contributed by atoms with Crippen molar-refractivity contribution in [2.24, 2.45) is 11.7 Å². The maximum Gasteiger partial charge on any atom is 0.136 e. The first-order valence-electron chi connectivity index (χ1n) is 14.0. The highest BCUT2D eigenvalue weighted by Crippen LogP contribution is 2.17. The molecule has 0 aromatic carbocycles. The number of hydrogen-bond donors (Lipinski definition) is 1. The number of carbonyl (C=O) groups excluding carboxylic acids is 1. The average molecular weight is 424 g/mol. The third-order valence-electron chi connectivity index (χ3n) is 6.63. The first kappa shape index (κ1) is 29.6. The number of Topliss-reactive ketones (excluding diaryl/α,β-unsaturated/α-hetero) is 1. The number of ketones is 1. The lowest BCUT2D eigenvalue weighted by Gasteiger charge is -2.13. The molecule has 0 aromatic rings. The van der Waals surface area contributed by atoms with E-state index in [2.05, 4.69) is 13.8 Å². The molecule has 2 N–H and O–H groups in total. The SMILES string of the molecule is CCCCCCCCCCCCCCCCCCCCCC(=O)C(CCC)CCN. The van der Waals surface area contributed by atoms with Crippen molar-refractivity contribution < 1.29 is 4.79 Å². The van der Waals surface area contributed by atoms with Crippen LogP contribution in [0.25, 0.3) is 0 Å². The molecule has 0 bridgehead atoms. The normalized spacial score (nSPS) is 12.4. The molecular weight excluding hydrogens is 366 g/mol. The van der Waals surface area contributed by atoms with Crippen molar-refractivity contribution in [3.8, 4) is 0 Å². The van der Waals surface area contributed by atoms with Crippen LogP contribution >= 0.6 is 0 Å². The van der Waals surface area contributed by atoms with Crippen LogP contribution in [0.5, 0.6) is 0 Å². The molecule has 0 amide bonds. The molecule has 0 aromatic heterocycles. The molecule has 2 heteroatoms. The van der Waals surface area contributed by atoms with Crippen molar-refractivity contribution in [1.82, 2.24) is 0 Å². The number of rotatable bonds is 25. The van der Waals surface area contributed by atoms with E-state index in [4.69, 9.17) is 5.73 Å². The van der Waals surface area contributed by atoms with Crippen LogP contribution in [0.4, 0.5) is 0 Å². The fourth-order valence-corrected chi connectivity index (χ4v) is 4.60. The van der Waals surface area contributed by atoms with Gasteiger partial charge in [-0.1, -0.05) is 136 Å². The Morgan fingerprint density at radius 3 is 1.23 bits per heavy atom. The first-order valence-corrected chi connectivity index (χ1v) is 14.0. The van der Waals surface area contributed by atoms with Gasteiger partial charge in [-0.2, -0.15) is 0 Å². The van der Waals surface area contributed by atoms with E-state index in [1.807, 2.05) is 0 Å². The zero-order valence-corrected chi connectivity index (χ0v) is 21.0. The molecule has 0 rings (SSSR count). The van der Waals surface area contributed by atoms with Crippen molar-refractivity contribution in [3.05, 3.63) is 0 Å². The van der Waals surface area contributed by atoms with Gasteiger partial charge in [0.15, 0.2) is 0 Å². The fraction of sp³-hybridized carbons (Fsp3) is 0.964. The Kier molecular flexibility index (Phi) is 24.6. The summed E-state index contributed by atoms with van der Waals surface area (Å²) in [5.41, 5.74) is 5.65. The van der Waals surface area contributed by atoms with Crippen LogP contribution in [0.3, 0.4) is 0 Å². The van der Waals surface area contributed by atoms with E-state index in [-0.39, 0.29) is 5.92 Å². The third kappa shape index (κ3) is 20.9. The fourth-order valence-electron chi connectivity index (χ4n) is 4.60. The predicted octanol–water partition coefficient (Wildman–Crippen LogP) is 9.14. The zero-order chi connectivity index (χ0) is 22.1.